The molecule has 0 aliphatic carbocycles. The molecule has 0 radical (unpaired) electrons. The third-order valence-corrected chi connectivity index (χ3v) is 0.533. The molecule has 0 unspecified atom stereocenters. The Hall–Kier alpha value is -1.14. The maximum Gasteiger partial charge on any atom is 0.235 e. The summed E-state index contributed by atoms with van der Waals surface area (Å²) in [5.41, 5.74) is 0. The molecule has 0 aromatic rings. The van der Waals surface area contributed by atoms with E-state index in [-0.39, 0.29) is 0 Å². The zero-order valence-corrected chi connectivity index (χ0v) is 4.50. The number of aliphatic imine (C=N–C) groups is 1. The maximum absolute atomic E-state index is 9.42. The molecule has 0 N–H and O–H groups in total. The van der Waals surface area contributed by atoms with Gasteiger partial charge in [0.05, 0.1) is 6.54 Å². The lowest BCUT2D eigenvalue weighted by atomic mass is 10.5. The third kappa shape index (κ3) is 4.86. The van der Waals surface area contributed by atoms with Gasteiger partial charge in [-0.1, -0.05) is 24.8 Å². The summed E-state index contributed by atoms with van der Waals surface area (Å²) < 4.78 is 0. The quantitative estimate of drug-likeness (QED) is 0.303. The van der Waals surface area contributed by atoms with Gasteiger partial charge in [0.15, 0.2) is 0 Å². The molecular formula is C6H7NO. The Labute approximate surface area is 48.2 Å². The predicted octanol–water partition coefficient (Wildman–Crippen LogP) is 1.06. The van der Waals surface area contributed by atoms with Crippen LogP contribution in [0.25, 0.3) is 0 Å². The molecule has 2 heteroatoms. The van der Waals surface area contributed by atoms with Gasteiger partial charge in [0.2, 0.25) is 6.08 Å². The molecule has 0 atom stereocenters. The fraction of sp³-hybridized carbons (Fsp3) is 0.167. The van der Waals surface area contributed by atoms with Gasteiger partial charge in [-0.15, -0.1) is 0 Å². The van der Waals surface area contributed by atoms with Crippen molar-refractivity contribution in [1.82, 2.24) is 0 Å². The maximum atomic E-state index is 9.42. The van der Waals surface area contributed by atoms with Crippen molar-refractivity contribution >= 4 is 6.08 Å². The minimum Gasteiger partial charge on any atom is -0.211 e. The zero-order chi connectivity index (χ0) is 6.24. The van der Waals surface area contributed by atoms with Crippen molar-refractivity contribution in [3.05, 3.63) is 24.8 Å². The number of carbonyl (C=O) groups excluding carboxylic acids is 1. The molecule has 0 heterocycles. The van der Waals surface area contributed by atoms with Gasteiger partial charge in [-0.05, 0) is 0 Å². The van der Waals surface area contributed by atoms with Crippen LogP contribution in [0.1, 0.15) is 0 Å². The normalized spacial score (nSPS) is 8.50. The topological polar surface area (TPSA) is 29.4 Å². The second-order valence-electron chi connectivity index (χ2n) is 1.10. The number of nitrogens with zero attached hydrogens (tertiary/aromatic N) is 1. The van der Waals surface area contributed by atoms with Gasteiger partial charge in [-0.25, -0.2) is 9.79 Å². The van der Waals surface area contributed by atoms with Crippen LogP contribution in [-0.4, -0.2) is 12.6 Å². The minimum absolute atomic E-state index is 0.398. The van der Waals surface area contributed by atoms with E-state index in [1.54, 1.807) is 18.2 Å². The fourth-order valence-corrected chi connectivity index (χ4v) is 0.247. The Morgan fingerprint density at radius 2 is 2.50 bits per heavy atom. The number of rotatable bonds is 3. The van der Waals surface area contributed by atoms with Gasteiger partial charge >= 0.3 is 0 Å². The molecule has 0 spiro atoms. The summed E-state index contributed by atoms with van der Waals surface area (Å²) in [6.07, 6.45) is 6.48. The summed E-state index contributed by atoms with van der Waals surface area (Å²) in [5, 5.41) is 0. The van der Waals surface area contributed by atoms with E-state index in [2.05, 4.69) is 11.6 Å². The van der Waals surface area contributed by atoms with E-state index >= 15 is 0 Å². The smallest absolute Gasteiger partial charge is 0.211 e. The Morgan fingerprint density at radius 3 is 3.00 bits per heavy atom. The van der Waals surface area contributed by atoms with Gasteiger partial charge in [0, 0.05) is 0 Å². The Bertz CT molecular complexity index is 131. The Balaban J connectivity index is 3.29. The van der Waals surface area contributed by atoms with E-state index in [1.807, 2.05) is 0 Å². The summed E-state index contributed by atoms with van der Waals surface area (Å²) >= 11 is 0. The molecule has 0 saturated carbocycles. The molecule has 8 heavy (non-hydrogen) atoms. The monoisotopic (exact) mass is 109 g/mol. The van der Waals surface area contributed by atoms with Crippen molar-refractivity contribution in [3.8, 4) is 0 Å². The van der Waals surface area contributed by atoms with Crippen molar-refractivity contribution in [3.63, 3.8) is 0 Å². The molecule has 0 aromatic carbocycles. The van der Waals surface area contributed by atoms with E-state index in [1.165, 1.54) is 6.08 Å². The lowest BCUT2D eigenvalue weighted by Gasteiger charge is -1.70. The highest BCUT2D eigenvalue weighted by molar-refractivity contribution is 5.33. The highest BCUT2D eigenvalue weighted by Crippen LogP contribution is 1.72. The lowest BCUT2D eigenvalue weighted by molar-refractivity contribution is 0.564. The standard InChI is InChI=1S/C6H7NO/c1-2-3-4-5-7-6-8/h2-4H,1,5H2. The zero-order valence-electron chi connectivity index (χ0n) is 4.50. The number of hydrogen-bond donors (Lipinski definition) is 0. The van der Waals surface area contributed by atoms with Gasteiger partial charge in [0.25, 0.3) is 0 Å². The second kappa shape index (κ2) is 5.86. The van der Waals surface area contributed by atoms with Gasteiger partial charge in [-0.2, -0.15) is 0 Å². The van der Waals surface area contributed by atoms with Crippen LogP contribution in [0.15, 0.2) is 29.8 Å². The van der Waals surface area contributed by atoms with Crippen molar-refractivity contribution in [1.29, 1.82) is 0 Å². The highest BCUT2D eigenvalue weighted by Gasteiger charge is 1.64. The van der Waals surface area contributed by atoms with Crippen LogP contribution in [-0.2, 0) is 4.79 Å². The SMILES string of the molecule is C=CC=CCN=C=O. The van der Waals surface area contributed by atoms with Crippen molar-refractivity contribution in [2.24, 2.45) is 4.99 Å². The van der Waals surface area contributed by atoms with Crippen LogP contribution < -0.4 is 0 Å². The van der Waals surface area contributed by atoms with Gasteiger partial charge in [0.1, 0.15) is 0 Å². The molecule has 0 amide bonds. The number of hydrogen-bond acceptors (Lipinski definition) is 2. The third-order valence-electron chi connectivity index (χ3n) is 0.533. The Kier molecular flexibility index (Phi) is 5.02. The summed E-state index contributed by atoms with van der Waals surface area (Å²) in [5.74, 6) is 0. The van der Waals surface area contributed by atoms with E-state index in [0.29, 0.717) is 6.54 Å². The summed E-state index contributed by atoms with van der Waals surface area (Å²) in [4.78, 5) is 12.7. The first kappa shape index (κ1) is 6.86. The molecule has 0 fully saturated rings. The fourth-order valence-electron chi connectivity index (χ4n) is 0.247. The van der Waals surface area contributed by atoms with E-state index in [4.69, 9.17) is 0 Å². The highest BCUT2D eigenvalue weighted by atomic mass is 16.1. The Morgan fingerprint density at radius 1 is 1.75 bits per heavy atom. The van der Waals surface area contributed by atoms with Crippen molar-refractivity contribution in [2.45, 2.75) is 0 Å². The summed E-state index contributed by atoms with van der Waals surface area (Å²) in [7, 11) is 0. The van der Waals surface area contributed by atoms with Crippen LogP contribution in [0.4, 0.5) is 0 Å². The van der Waals surface area contributed by atoms with Crippen LogP contribution in [0, 0.1) is 0 Å². The summed E-state index contributed by atoms with van der Waals surface area (Å²) in [6.45, 7) is 3.83. The number of allylic oxidation sites excluding steroid dienone is 2. The van der Waals surface area contributed by atoms with Crippen LogP contribution in [0.2, 0.25) is 0 Å². The van der Waals surface area contributed by atoms with Crippen LogP contribution in [0.5, 0.6) is 0 Å². The average Bonchev–Trinajstić information content (AvgIpc) is 1.81. The minimum atomic E-state index is 0.398. The summed E-state index contributed by atoms with van der Waals surface area (Å²) in [6, 6.07) is 0. The van der Waals surface area contributed by atoms with Gasteiger partial charge < -0.3 is 0 Å². The average molecular weight is 109 g/mol. The lowest BCUT2D eigenvalue weighted by Crippen LogP contribution is -1.66. The molecule has 42 valence electrons. The molecule has 0 aliphatic rings. The molecule has 0 saturated heterocycles. The van der Waals surface area contributed by atoms with Crippen molar-refractivity contribution in [2.75, 3.05) is 6.54 Å². The van der Waals surface area contributed by atoms with Crippen LogP contribution in [0.3, 0.4) is 0 Å². The van der Waals surface area contributed by atoms with Crippen LogP contribution >= 0.6 is 0 Å². The largest absolute Gasteiger partial charge is 0.235 e. The first-order chi connectivity index (χ1) is 3.91. The molecule has 2 nitrogen and oxygen atoms in total. The van der Waals surface area contributed by atoms with E-state index in [0.717, 1.165) is 0 Å². The first-order valence-electron chi connectivity index (χ1n) is 2.23. The van der Waals surface area contributed by atoms with Crippen molar-refractivity contribution < 1.29 is 4.79 Å². The van der Waals surface area contributed by atoms with E-state index in [9.17, 15) is 4.79 Å². The first-order valence-corrected chi connectivity index (χ1v) is 2.23. The number of isocyanates is 1. The molecule has 0 bridgehead atoms. The van der Waals surface area contributed by atoms with Gasteiger partial charge in [-0.3, -0.25) is 0 Å². The molecule has 0 rings (SSSR count). The predicted molar refractivity (Wildman–Crippen MR) is 32.3 cm³/mol. The molecule has 0 aromatic heterocycles. The second-order valence-corrected chi connectivity index (χ2v) is 1.10. The molecule has 0 aliphatic heterocycles. The molecular weight excluding hydrogens is 102 g/mol. The van der Waals surface area contributed by atoms with E-state index < -0.39 is 0 Å².